The average Bonchev–Trinajstić information content (AvgIpc) is 2.78. The Balaban J connectivity index is 2.59. The van der Waals surface area contributed by atoms with Crippen LogP contribution in [-0.4, -0.2) is 49.3 Å². The maximum Gasteiger partial charge on any atom is 0.313 e. The second-order valence-corrected chi connectivity index (χ2v) is 7.79. The molecule has 1 unspecified atom stereocenters. The number of hydrogen-bond donors (Lipinski definition) is 1. The van der Waals surface area contributed by atoms with E-state index >= 15 is 0 Å². The van der Waals surface area contributed by atoms with Crippen molar-refractivity contribution >= 4 is 17.8 Å². The molecule has 0 saturated heterocycles. The molecule has 1 atom stereocenters. The summed E-state index contributed by atoms with van der Waals surface area (Å²) in [5, 5.41) is 10.4. The maximum atomic E-state index is 13.6. The van der Waals surface area contributed by atoms with Gasteiger partial charge in [0.25, 0.3) is 0 Å². The number of aliphatic hydroxyl groups is 1. The van der Waals surface area contributed by atoms with Gasteiger partial charge in [0.1, 0.15) is 18.0 Å². The first-order chi connectivity index (χ1) is 15.7. The number of ketones is 1. The normalized spacial score (nSPS) is 12.2. The van der Waals surface area contributed by atoms with Gasteiger partial charge in [0, 0.05) is 30.2 Å². The van der Waals surface area contributed by atoms with Gasteiger partial charge in [-0.1, -0.05) is 38.1 Å². The second-order valence-electron chi connectivity index (χ2n) is 7.79. The molecule has 1 aromatic heterocycles. The number of esters is 1. The zero-order valence-corrected chi connectivity index (χ0v) is 19.6. The fourth-order valence-electron chi connectivity index (χ4n) is 3.45. The number of nitrogens with zero attached hydrogens (tertiary/aromatic N) is 1. The highest BCUT2D eigenvalue weighted by molar-refractivity contribution is 5.95. The summed E-state index contributed by atoms with van der Waals surface area (Å²) in [6.45, 7) is 4.14. The Morgan fingerprint density at radius 1 is 1.15 bits per heavy atom. The smallest absolute Gasteiger partial charge is 0.313 e. The van der Waals surface area contributed by atoms with Gasteiger partial charge in [-0.25, -0.2) is 9.37 Å². The van der Waals surface area contributed by atoms with Crippen molar-refractivity contribution < 1.29 is 33.3 Å². The van der Waals surface area contributed by atoms with Crippen LogP contribution in [0.5, 0.6) is 5.88 Å². The molecule has 178 valence electrons. The van der Waals surface area contributed by atoms with E-state index < -0.39 is 24.3 Å². The molecule has 33 heavy (non-hydrogen) atoms. The quantitative estimate of drug-likeness (QED) is 0.400. The van der Waals surface area contributed by atoms with Crippen LogP contribution in [0, 0.1) is 5.82 Å². The molecule has 0 aliphatic heterocycles. The van der Waals surface area contributed by atoms with Gasteiger partial charge in [-0.3, -0.25) is 9.59 Å². The molecule has 7 nitrogen and oxygen atoms in total. The first kappa shape index (κ1) is 26.2. The van der Waals surface area contributed by atoms with Gasteiger partial charge in [-0.15, -0.1) is 0 Å². The van der Waals surface area contributed by atoms with Gasteiger partial charge in [0.15, 0.2) is 0 Å². The van der Waals surface area contributed by atoms with Crippen molar-refractivity contribution in [3.63, 3.8) is 0 Å². The first-order valence-electron chi connectivity index (χ1n) is 10.5. The molecule has 8 heteroatoms. The highest BCUT2D eigenvalue weighted by Gasteiger charge is 2.22. The number of aliphatic hydroxyl groups excluding tert-OH is 1. The minimum Gasteiger partial charge on any atom is -0.481 e. The molecule has 0 saturated carbocycles. The lowest BCUT2D eigenvalue weighted by Gasteiger charge is -2.21. The van der Waals surface area contributed by atoms with Crippen LogP contribution in [0.4, 0.5) is 4.39 Å². The zero-order chi connectivity index (χ0) is 24.5. The largest absolute Gasteiger partial charge is 0.481 e. The van der Waals surface area contributed by atoms with E-state index in [1.165, 1.54) is 32.4 Å². The number of rotatable bonds is 11. The lowest BCUT2D eigenvalue weighted by atomic mass is 9.90. The number of benzene rings is 1. The summed E-state index contributed by atoms with van der Waals surface area (Å²) in [7, 11) is 4.27. The Bertz CT molecular complexity index is 1000. The number of halogens is 1. The van der Waals surface area contributed by atoms with E-state index in [1.807, 2.05) is 13.8 Å². The number of Topliss-reactive ketones (excluding diaryl/α,β-unsaturated/α-hetero) is 1. The van der Waals surface area contributed by atoms with Crippen molar-refractivity contribution in [1.29, 1.82) is 0 Å². The molecule has 0 bridgehead atoms. The minimum absolute atomic E-state index is 0.00700. The topological polar surface area (TPSA) is 95.0 Å². The number of methoxy groups -OCH3 is 3. The number of hydrogen-bond acceptors (Lipinski definition) is 7. The molecule has 1 heterocycles. The van der Waals surface area contributed by atoms with Gasteiger partial charge in [-0.2, -0.15) is 0 Å². The third-order valence-electron chi connectivity index (χ3n) is 4.98. The summed E-state index contributed by atoms with van der Waals surface area (Å²) >= 11 is 0. The predicted molar refractivity (Wildman–Crippen MR) is 122 cm³/mol. The van der Waals surface area contributed by atoms with Crippen LogP contribution in [0.1, 0.15) is 49.4 Å². The molecule has 0 radical (unpaired) electrons. The molecule has 2 rings (SSSR count). The third-order valence-corrected chi connectivity index (χ3v) is 4.98. The van der Waals surface area contributed by atoms with Crippen LogP contribution >= 0.6 is 0 Å². The monoisotopic (exact) mass is 459 g/mol. The zero-order valence-electron chi connectivity index (χ0n) is 19.6. The van der Waals surface area contributed by atoms with Crippen molar-refractivity contribution in [2.24, 2.45) is 0 Å². The van der Waals surface area contributed by atoms with Gasteiger partial charge in [-0.05, 0) is 23.6 Å². The number of carbonyl (C=O) groups excluding carboxylic acids is 2. The van der Waals surface area contributed by atoms with Crippen molar-refractivity contribution in [2.45, 2.75) is 45.3 Å². The lowest BCUT2D eigenvalue weighted by Crippen LogP contribution is -2.15. The van der Waals surface area contributed by atoms with E-state index in [0.717, 1.165) is 11.1 Å². The molecule has 0 spiro atoms. The van der Waals surface area contributed by atoms with E-state index in [1.54, 1.807) is 25.3 Å². The minimum atomic E-state index is -1.11. The van der Waals surface area contributed by atoms with E-state index in [4.69, 9.17) is 9.47 Å². The van der Waals surface area contributed by atoms with Gasteiger partial charge < -0.3 is 19.3 Å². The number of ether oxygens (including phenoxy) is 3. The Kier molecular flexibility index (Phi) is 9.69. The molecule has 0 amide bonds. The Hall–Kier alpha value is -3.10. The molecular formula is C25H30FNO6. The second kappa shape index (κ2) is 12.2. The average molecular weight is 460 g/mol. The Morgan fingerprint density at radius 3 is 2.36 bits per heavy atom. The summed E-state index contributed by atoms with van der Waals surface area (Å²) in [6.07, 6.45) is 1.42. The van der Waals surface area contributed by atoms with E-state index in [2.05, 4.69) is 9.72 Å². The highest BCUT2D eigenvalue weighted by atomic mass is 19.1. The molecule has 1 N–H and O–H groups in total. The van der Waals surface area contributed by atoms with Gasteiger partial charge in [0.05, 0.1) is 32.6 Å². The Morgan fingerprint density at radius 2 is 1.82 bits per heavy atom. The number of aromatic nitrogens is 1. The molecular weight excluding hydrogens is 429 g/mol. The van der Waals surface area contributed by atoms with Crippen LogP contribution in [0.2, 0.25) is 0 Å². The first-order valence-corrected chi connectivity index (χ1v) is 10.5. The molecule has 0 aliphatic carbocycles. The molecule has 0 aliphatic rings. The summed E-state index contributed by atoms with van der Waals surface area (Å²) in [4.78, 5) is 27.9. The number of pyridine rings is 1. The summed E-state index contributed by atoms with van der Waals surface area (Å²) in [5.41, 5.74) is 3.53. The molecule has 0 fully saturated rings. The highest BCUT2D eigenvalue weighted by Crippen LogP contribution is 2.38. The molecule has 1 aromatic carbocycles. The summed E-state index contributed by atoms with van der Waals surface area (Å²) < 4.78 is 29.0. The van der Waals surface area contributed by atoms with E-state index in [-0.39, 0.29) is 24.8 Å². The van der Waals surface area contributed by atoms with Crippen molar-refractivity contribution in [1.82, 2.24) is 4.98 Å². The van der Waals surface area contributed by atoms with E-state index in [9.17, 15) is 19.1 Å². The van der Waals surface area contributed by atoms with Crippen LogP contribution < -0.4 is 4.74 Å². The van der Waals surface area contributed by atoms with Crippen LogP contribution in [-0.2, 0) is 25.7 Å². The van der Waals surface area contributed by atoms with Gasteiger partial charge >= 0.3 is 5.97 Å². The van der Waals surface area contributed by atoms with Crippen molar-refractivity contribution in [2.75, 3.05) is 21.3 Å². The standard InChI is InChI=1S/C25H30FNO6/c1-15(2)24-20(11-10-18(28)12-19(29)13-22(30)32-4)23(16-6-8-17(26)9-7-16)21(14-31-3)25(27-24)33-5/h6-11,15,18,28H,12-14H2,1-5H3. The predicted octanol–water partition coefficient (Wildman–Crippen LogP) is 4.06. The van der Waals surface area contributed by atoms with Crippen LogP contribution in [0.3, 0.4) is 0 Å². The molecule has 2 aromatic rings. The third kappa shape index (κ3) is 6.94. The lowest BCUT2D eigenvalue weighted by molar-refractivity contribution is -0.143. The van der Waals surface area contributed by atoms with Crippen molar-refractivity contribution in [3.05, 3.63) is 53.0 Å². The summed E-state index contributed by atoms with van der Waals surface area (Å²) in [6, 6.07) is 6.03. The fourth-order valence-corrected chi connectivity index (χ4v) is 3.45. The maximum absolute atomic E-state index is 13.6. The van der Waals surface area contributed by atoms with Crippen molar-refractivity contribution in [3.8, 4) is 17.0 Å². The Labute approximate surface area is 193 Å². The SMILES string of the molecule is COCc1c(OC)nc(C(C)C)c(C=CC(O)CC(=O)CC(=O)OC)c1-c1ccc(F)cc1. The summed E-state index contributed by atoms with van der Waals surface area (Å²) in [5.74, 6) is -1.07. The number of carbonyl (C=O) groups is 2. The van der Waals surface area contributed by atoms with Crippen LogP contribution in [0.15, 0.2) is 30.3 Å². The fraction of sp³-hybridized carbons (Fsp3) is 0.400. The van der Waals surface area contributed by atoms with Crippen LogP contribution in [0.25, 0.3) is 17.2 Å². The van der Waals surface area contributed by atoms with Gasteiger partial charge in [0.2, 0.25) is 5.88 Å². The van der Waals surface area contributed by atoms with E-state index in [0.29, 0.717) is 22.7 Å².